The van der Waals surface area contributed by atoms with Crippen molar-refractivity contribution in [3.05, 3.63) is 101 Å². The van der Waals surface area contributed by atoms with Crippen LogP contribution in [0.15, 0.2) is 78.9 Å². The summed E-state index contributed by atoms with van der Waals surface area (Å²) in [6, 6.07) is 23.2. The monoisotopic (exact) mass is 394 g/mol. The fourth-order valence-corrected chi connectivity index (χ4v) is 2.74. The molecule has 4 nitrogen and oxygen atoms in total. The predicted octanol–water partition coefficient (Wildman–Crippen LogP) is 4.89. The van der Waals surface area contributed by atoms with E-state index in [2.05, 4.69) is 0 Å². The number of ether oxygens (including phenoxy) is 2. The Balaban J connectivity index is 1.53. The van der Waals surface area contributed by atoms with Gasteiger partial charge in [-0.1, -0.05) is 60.1 Å². The SMILES string of the molecule is O=C(Cc1ccc(Cl)cc1)Oc1cccc(C(=O)OCCc2ccccc2)c1. The van der Waals surface area contributed by atoms with Crippen molar-refractivity contribution in [2.24, 2.45) is 0 Å². The number of rotatable bonds is 7. The fraction of sp³-hybridized carbons (Fsp3) is 0.130. The van der Waals surface area contributed by atoms with Crippen LogP contribution in [0.25, 0.3) is 0 Å². The van der Waals surface area contributed by atoms with Crippen LogP contribution in [0.5, 0.6) is 5.75 Å². The zero-order valence-corrected chi connectivity index (χ0v) is 15.9. The van der Waals surface area contributed by atoms with E-state index >= 15 is 0 Å². The van der Waals surface area contributed by atoms with Gasteiger partial charge in [-0.3, -0.25) is 4.79 Å². The van der Waals surface area contributed by atoms with Crippen molar-refractivity contribution in [1.82, 2.24) is 0 Å². The summed E-state index contributed by atoms with van der Waals surface area (Å²) in [7, 11) is 0. The second-order valence-electron chi connectivity index (χ2n) is 6.18. The number of benzene rings is 3. The van der Waals surface area contributed by atoms with Crippen molar-refractivity contribution >= 4 is 23.5 Å². The van der Waals surface area contributed by atoms with E-state index in [1.165, 1.54) is 6.07 Å². The molecule has 0 amide bonds. The van der Waals surface area contributed by atoms with E-state index in [1.54, 1.807) is 42.5 Å². The molecule has 0 aromatic heterocycles. The molecule has 0 heterocycles. The number of carbonyl (C=O) groups is 2. The number of hydrogen-bond donors (Lipinski definition) is 0. The van der Waals surface area contributed by atoms with Crippen LogP contribution in [-0.4, -0.2) is 18.5 Å². The molecule has 3 rings (SSSR count). The summed E-state index contributed by atoms with van der Waals surface area (Å²) in [5.41, 5.74) is 2.23. The van der Waals surface area contributed by atoms with Gasteiger partial charge >= 0.3 is 11.9 Å². The molecule has 0 fully saturated rings. The summed E-state index contributed by atoms with van der Waals surface area (Å²) >= 11 is 5.84. The van der Waals surface area contributed by atoms with E-state index in [1.807, 2.05) is 30.3 Å². The van der Waals surface area contributed by atoms with Crippen LogP contribution >= 0.6 is 11.6 Å². The molecule has 0 saturated heterocycles. The van der Waals surface area contributed by atoms with Crippen LogP contribution in [0.4, 0.5) is 0 Å². The lowest BCUT2D eigenvalue weighted by Crippen LogP contribution is -2.12. The summed E-state index contributed by atoms with van der Waals surface area (Å²) in [6.07, 6.45) is 0.755. The normalized spacial score (nSPS) is 10.3. The second kappa shape index (κ2) is 9.72. The van der Waals surface area contributed by atoms with E-state index < -0.39 is 11.9 Å². The van der Waals surface area contributed by atoms with Crippen molar-refractivity contribution in [2.75, 3.05) is 6.61 Å². The van der Waals surface area contributed by atoms with E-state index in [0.29, 0.717) is 22.8 Å². The maximum Gasteiger partial charge on any atom is 0.338 e. The van der Waals surface area contributed by atoms with Gasteiger partial charge in [-0.05, 0) is 41.5 Å². The molecule has 0 saturated carbocycles. The van der Waals surface area contributed by atoms with Gasteiger partial charge in [0.15, 0.2) is 0 Å². The Morgan fingerprint density at radius 2 is 1.57 bits per heavy atom. The molecule has 142 valence electrons. The number of carbonyl (C=O) groups excluding carboxylic acids is 2. The van der Waals surface area contributed by atoms with Crippen molar-refractivity contribution in [3.63, 3.8) is 0 Å². The van der Waals surface area contributed by atoms with Gasteiger partial charge in [-0.15, -0.1) is 0 Å². The third kappa shape index (κ3) is 5.96. The fourth-order valence-electron chi connectivity index (χ4n) is 2.61. The van der Waals surface area contributed by atoms with Crippen LogP contribution in [0.2, 0.25) is 5.02 Å². The lowest BCUT2D eigenvalue weighted by Gasteiger charge is -2.08. The largest absolute Gasteiger partial charge is 0.462 e. The smallest absolute Gasteiger partial charge is 0.338 e. The van der Waals surface area contributed by atoms with Gasteiger partial charge < -0.3 is 9.47 Å². The minimum Gasteiger partial charge on any atom is -0.462 e. The molecule has 3 aromatic rings. The van der Waals surface area contributed by atoms with Gasteiger partial charge in [0, 0.05) is 11.4 Å². The summed E-state index contributed by atoms with van der Waals surface area (Å²) in [4.78, 5) is 24.3. The zero-order chi connectivity index (χ0) is 19.8. The topological polar surface area (TPSA) is 52.6 Å². The molecule has 5 heteroatoms. The quantitative estimate of drug-likeness (QED) is 0.423. The zero-order valence-electron chi connectivity index (χ0n) is 15.1. The van der Waals surface area contributed by atoms with Crippen LogP contribution in [-0.2, 0) is 22.4 Å². The molecule has 0 bridgehead atoms. The number of halogens is 1. The summed E-state index contributed by atoms with van der Waals surface area (Å²) in [5, 5.41) is 0.607. The molecule has 0 N–H and O–H groups in total. The molecular weight excluding hydrogens is 376 g/mol. The van der Waals surface area contributed by atoms with Gasteiger partial charge in [0.05, 0.1) is 18.6 Å². The van der Waals surface area contributed by atoms with Crippen LogP contribution in [0.3, 0.4) is 0 Å². The van der Waals surface area contributed by atoms with Gasteiger partial charge in [-0.2, -0.15) is 0 Å². The minimum absolute atomic E-state index is 0.114. The van der Waals surface area contributed by atoms with Gasteiger partial charge in [-0.25, -0.2) is 4.79 Å². The highest BCUT2D eigenvalue weighted by Gasteiger charge is 2.11. The number of hydrogen-bond acceptors (Lipinski definition) is 4. The summed E-state index contributed by atoms with van der Waals surface area (Å²) < 4.78 is 10.6. The minimum atomic E-state index is -0.452. The van der Waals surface area contributed by atoms with Gasteiger partial charge in [0.25, 0.3) is 0 Å². The van der Waals surface area contributed by atoms with Gasteiger partial charge in [0.2, 0.25) is 0 Å². The maximum absolute atomic E-state index is 12.2. The first-order valence-corrected chi connectivity index (χ1v) is 9.24. The third-order valence-corrected chi connectivity index (χ3v) is 4.28. The molecule has 0 radical (unpaired) electrons. The molecule has 0 aliphatic heterocycles. The molecule has 0 aliphatic carbocycles. The van der Waals surface area contributed by atoms with E-state index in [9.17, 15) is 9.59 Å². The Labute approximate surface area is 168 Å². The average molecular weight is 395 g/mol. The molecule has 0 unspecified atom stereocenters. The molecule has 0 spiro atoms. The first-order chi connectivity index (χ1) is 13.6. The third-order valence-electron chi connectivity index (χ3n) is 4.03. The first kappa shape index (κ1) is 19.6. The van der Waals surface area contributed by atoms with Crippen LogP contribution < -0.4 is 4.74 Å². The molecular formula is C23H19ClO4. The van der Waals surface area contributed by atoms with Crippen molar-refractivity contribution in [1.29, 1.82) is 0 Å². The molecule has 0 aliphatic rings. The Hall–Kier alpha value is -3.11. The Bertz CT molecular complexity index is 936. The predicted molar refractivity (Wildman–Crippen MR) is 108 cm³/mol. The summed E-state index contributed by atoms with van der Waals surface area (Å²) in [6.45, 7) is 0.281. The first-order valence-electron chi connectivity index (χ1n) is 8.86. The van der Waals surface area contributed by atoms with E-state index in [4.69, 9.17) is 21.1 Å². The van der Waals surface area contributed by atoms with Crippen LogP contribution in [0.1, 0.15) is 21.5 Å². The van der Waals surface area contributed by atoms with Crippen molar-refractivity contribution < 1.29 is 19.1 Å². The standard InChI is InChI=1S/C23H19ClO4/c24-20-11-9-18(10-12-20)15-22(25)28-21-8-4-7-19(16-21)23(26)27-14-13-17-5-2-1-3-6-17/h1-12,16H,13-15H2. The van der Waals surface area contributed by atoms with E-state index in [0.717, 1.165) is 11.1 Å². The van der Waals surface area contributed by atoms with Gasteiger partial charge in [0.1, 0.15) is 5.75 Å². The second-order valence-corrected chi connectivity index (χ2v) is 6.61. The van der Waals surface area contributed by atoms with Crippen molar-refractivity contribution in [2.45, 2.75) is 12.8 Å². The lowest BCUT2D eigenvalue weighted by molar-refractivity contribution is -0.133. The Morgan fingerprint density at radius 1 is 0.821 bits per heavy atom. The number of esters is 2. The summed E-state index contributed by atoms with van der Waals surface area (Å²) in [5.74, 6) is -0.570. The van der Waals surface area contributed by atoms with Crippen LogP contribution in [0, 0.1) is 0 Å². The maximum atomic E-state index is 12.2. The highest BCUT2D eigenvalue weighted by atomic mass is 35.5. The average Bonchev–Trinajstić information content (AvgIpc) is 2.70. The molecule has 3 aromatic carbocycles. The highest BCUT2D eigenvalue weighted by Crippen LogP contribution is 2.16. The molecule has 28 heavy (non-hydrogen) atoms. The Kier molecular flexibility index (Phi) is 6.82. The Morgan fingerprint density at radius 3 is 2.32 bits per heavy atom. The van der Waals surface area contributed by atoms with Crippen molar-refractivity contribution in [3.8, 4) is 5.75 Å². The highest BCUT2D eigenvalue weighted by molar-refractivity contribution is 6.30. The molecule has 0 atom stereocenters. The lowest BCUT2D eigenvalue weighted by atomic mass is 10.1. The van der Waals surface area contributed by atoms with E-state index in [-0.39, 0.29) is 13.0 Å².